The van der Waals surface area contributed by atoms with E-state index in [4.69, 9.17) is 5.11 Å². The zero-order valence-electron chi connectivity index (χ0n) is 11.0. The van der Waals surface area contributed by atoms with Crippen molar-refractivity contribution >= 4 is 21.6 Å². The summed E-state index contributed by atoms with van der Waals surface area (Å²) in [6, 6.07) is 0. The van der Waals surface area contributed by atoms with Crippen LogP contribution in [-0.4, -0.2) is 33.7 Å². The maximum Gasteiger partial charge on any atom is 0.416 e. The van der Waals surface area contributed by atoms with Gasteiger partial charge in [0.1, 0.15) is 5.69 Å². The normalized spacial score (nSPS) is 17.4. The molecule has 118 valence electrons. The third-order valence-electron chi connectivity index (χ3n) is 3.50. The first kappa shape index (κ1) is 16.3. The van der Waals surface area contributed by atoms with Gasteiger partial charge in [-0.05, 0) is 34.7 Å². The number of alkyl halides is 3. The van der Waals surface area contributed by atoms with Crippen LogP contribution in [0.3, 0.4) is 0 Å². The quantitative estimate of drug-likeness (QED) is 0.834. The Balaban J connectivity index is 2.10. The zero-order chi connectivity index (χ0) is 15.6. The first-order valence-electron chi connectivity index (χ1n) is 6.53. The number of hydrogen-bond acceptors (Lipinski definition) is 4. The van der Waals surface area contributed by atoms with E-state index in [2.05, 4.69) is 26.3 Å². The summed E-state index contributed by atoms with van der Waals surface area (Å²) in [5, 5.41) is 15.3. The Hall–Kier alpha value is -1.09. The summed E-state index contributed by atoms with van der Waals surface area (Å²) in [5.74, 6) is 0.394. The predicted molar refractivity (Wildman–Crippen MR) is 74.1 cm³/mol. The molecule has 5 nitrogen and oxygen atoms in total. The molecule has 1 saturated carbocycles. The molecule has 2 N–H and O–H groups in total. The van der Waals surface area contributed by atoms with E-state index in [1.807, 2.05) is 0 Å². The molecule has 21 heavy (non-hydrogen) atoms. The lowest BCUT2D eigenvalue weighted by atomic mass is 9.85. The molecule has 1 aliphatic rings. The molecule has 0 saturated heterocycles. The number of aromatic nitrogens is 2. The number of aliphatic hydroxyl groups excluding tert-OH is 1. The Morgan fingerprint density at radius 3 is 2.71 bits per heavy atom. The topological polar surface area (TPSA) is 67.2 Å². The van der Waals surface area contributed by atoms with Crippen LogP contribution in [0.5, 0.6) is 0 Å². The molecule has 0 aliphatic heterocycles. The third kappa shape index (κ3) is 3.97. The summed E-state index contributed by atoms with van der Waals surface area (Å²) >= 11 is 3.08. The third-order valence-corrected chi connectivity index (χ3v) is 4.10. The largest absolute Gasteiger partial charge is 0.416 e. The number of nitrogens with zero attached hydrogens (tertiary/aromatic N) is 2. The molecule has 0 radical (unpaired) electrons. The van der Waals surface area contributed by atoms with Gasteiger partial charge < -0.3 is 10.4 Å². The van der Waals surface area contributed by atoms with Crippen LogP contribution in [0.1, 0.15) is 19.3 Å². The van der Waals surface area contributed by atoms with E-state index in [1.165, 1.54) is 10.9 Å². The van der Waals surface area contributed by atoms with Gasteiger partial charge in [-0.15, -0.1) is 0 Å². The highest BCUT2D eigenvalue weighted by molar-refractivity contribution is 9.10. The molecule has 1 atom stereocenters. The lowest BCUT2D eigenvalue weighted by Crippen LogP contribution is -2.37. The van der Waals surface area contributed by atoms with Crippen LogP contribution >= 0.6 is 15.9 Å². The standard InChI is InChI=1S/C12H15BrF3N3O2/c13-8-4-18-19(6-7-2-1-3-7)11(21)10(8)17-5-9(20)12(14,15)16/h4,7,9,17,20H,1-3,5-6H2. The summed E-state index contributed by atoms with van der Waals surface area (Å²) in [6.45, 7) is -0.326. The maximum atomic E-state index is 12.3. The zero-order valence-corrected chi connectivity index (χ0v) is 12.6. The van der Waals surface area contributed by atoms with Crippen molar-refractivity contribution in [2.24, 2.45) is 5.92 Å². The van der Waals surface area contributed by atoms with Crippen molar-refractivity contribution in [3.63, 3.8) is 0 Å². The van der Waals surface area contributed by atoms with Crippen molar-refractivity contribution in [3.05, 3.63) is 21.0 Å². The fourth-order valence-electron chi connectivity index (χ4n) is 1.99. The lowest BCUT2D eigenvalue weighted by molar-refractivity contribution is -0.198. The van der Waals surface area contributed by atoms with Gasteiger partial charge in [-0.1, -0.05) is 6.42 Å². The van der Waals surface area contributed by atoms with Crippen molar-refractivity contribution in [1.82, 2.24) is 9.78 Å². The molecule has 1 aromatic rings. The Labute approximate surface area is 127 Å². The van der Waals surface area contributed by atoms with Crippen LogP contribution in [0.4, 0.5) is 18.9 Å². The van der Waals surface area contributed by atoms with Crippen molar-refractivity contribution in [2.45, 2.75) is 38.1 Å². The van der Waals surface area contributed by atoms with E-state index in [9.17, 15) is 18.0 Å². The van der Waals surface area contributed by atoms with Gasteiger partial charge in [-0.3, -0.25) is 4.79 Å². The second kappa shape index (κ2) is 6.35. The minimum atomic E-state index is -4.72. The van der Waals surface area contributed by atoms with Crippen LogP contribution in [0.25, 0.3) is 0 Å². The van der Waals surface area contributed by atoms with Gasteiger partial charge in [0, 0.05) is 13.1 Å². The van der Waals surface area contributed by atoms with E-state index in [1.54, 1.807) is 0 Å². The molecule has 0 spiro atoms. The Morgan fingerprint density at radius 2 is 2.19 bits per heavy atom. The van der Waals surface area contributed by atoms with E-state index >= 15 is 0 Å². The molecule has 1 heterocycles. The Kier molecular flexibility index (Phi) is 4.92. The highest BCUT2D eigenvalue weighted by Crippen LogP contribution is 2.27. The number of halogens is 4. The molecule has 1 aromatic heterocycles. The summed E-state index contributed by atoms with van der Waals surface area (Å²) < 4.78 is 38.3. The fraction of sp³-hybridized carbons (Fsp3) is 0.667. The molecule has 9 heteroatoms. The Bertz CT molecular complexity index is 558. The van der Waals surface area contributed by atoms with E-state index in [-0.39, 0.29) is 10.2 Å². The number of rotatable bonds is 5. The average Bonchev–Trinajstić information content (AvgIpc) is 2.34. The van der Waals surface area contributed by atoms with Crippen LogP contribution < -0.4 is 10.9 Å². The van der Waals surface area contributed by atoms with Gasteiger partial charge in [0.25, 0.3) is 5.56 Å². The second-order valence-corrected chi connectivity index (χ2v) is 5.94. The van der Waals surface area contributed by atoms with Gasteiger partial charge in [0.2, 0.25) is 0 Å². The highest BCUT2D eigenvalue weighted by Gasteiger charge is 2.38. The number of aliphatic hydroxyl groups is 1. The molecular formula is C12H15BrF3N3O2. The van der Waals surface area contributed by atoms with Gasteiger partial charge in [-0.25, -0.2) is 4.68 Å². The lowest BCUT2D eigenvalue weighted by Gasteiger charge is -2.25. The van der Waals surface area contributed by atoms with E-state index < -0.39 is 24.4 Å². The predicted octanol–water partition coefficient (Wildman–Crippen LogP) is 2.14. The van der Waals surface area contributed by atoms with Crippen LogP contribution in [0.2, 0.25) is 0 Å². The van der Waals surface area contributed by atoms with Gasteiger partial charge in [0.15, 0.2) is 6.10 Å². The number of hydrogen-bond donors (Lipinski definition) is 2. The fourth-order valence-corrected chi connectivity index (χ4v) is 2.39. The van der Waals surface area contributed by atoms with Crippen LogP contribution in [0.15, 0.2) is 15.5 Å². The maximum absolute atomic E-state index is 12.3. The van der Waals surface area contributed by atoms with Crippen LogP contribution in [0, 0.1) is 5.92 Å². The van der Waals surface area contributed by atoms with Crippen molar-refractivity contribution in [2.75, 3.05) is 11.9 Å². The molecule has 1 fully saturated rings. The molecule has 2 rings (SSSR count). The minimum Gasteiger partial charge on any atom is -0.382 e. The van der Waals surface area contributed by atoms with Gasteiger partial charge >= 0.3 is 6.18 Å². The van der Waals surface area contributed by atoms with E-state index in [0.717, 1.165) is 19.3 Å². The summed E-state index contributed by atoms with van der Waals surface area (Å²) in [6.07, 6.45) is -2.71. The first-order chi connectivity index (χ1) is 9.79. The summed E-state index contributed by atoms with van der Waals surface area (Å²) in [5.41, 5.74) is -0.515. The summed E-state index contributed by atoms with van der Waals surface area (Å²) in [7, 11) is 0. The van der Waals surface area contributed by atoms with Gasteiger partial charge in [-0.2, -0.15) is 18.3 Å². The molecular weight excluding hydrogens is 355 g/mol. The molecule has 1 aliphatic carbocycles. The number of anilines is 1. The molecule has 0 bridgehead atoms. The van der Waals surface area contributed by atoms with Crippen molar-refractivity contribution in [1.29, 1.82) is 0 Å². The number of nitrogens with one attached hydrogen (secondary N) is 1. The molecule has 0 amide bonds. The Morgan fingerprint density at radius 1 is 1.52 bits per heavy atom. The van der Waals surface area contributed by atoms with E-state index in [0.29, 0.717) is 12.5 Å². The first-order valence-corrected chi connectivity index (χ1v) is 7.32. The monoisotopic (exact) mass is 369 g/mol. The summed E-state index contributed by atoms with van der Waals surface area (Å²) in [4.78, 5) is 12.2. The van der Waals surface area contributed by atoms with Crippen molar-refractivity contribution in [3.8, 4) is 0 Å². The smallest absolute Gasteiger partial charge is 0.382 e. The second-order valence-electron chi connectivity index (χ2n) is 5.09. The molecule has 0 aromatic carbocycles. The minimum absolute atomic E-state index is 0.0207. The molecule has 1 unspecified atom stereocenters. The highest BCUT2D eigenvalue weighted by atomic mass is 79.9. The van der Waals surface area contributed by atoms with Crippen molar-refractivity contribution < 1.29 is 18.3 Å². The SMILES string of the molecule is O=c1c(NCC(O)C(F)(F)F)c(Br)cnn1CC1CCC1. The average molecular weight is 370 g/mol. The van der Waals surface area contributed by atoms with Crippen LogP contribution in [-0.2, 0) is 6.54 Å². The van der Waals surface area contributed by atoms with Gasteiger partial charge in [0.05, 0.1) is 10.7 Å².